The standard InChI is InChI=1S/C26H17Cl2N3O2S/c1-33-17-6-4-5-15(11-17)23-13-19(18-7-2-3-8-22(18)29-23)25(32)31-26-30-24(14-34-26)16-9-10-20(27)21(28)12-16/h2-14H,1H3,(H,30,31,32). The van der Waals surface area contributed by atoms with Gasteiger partial charge in [-0.05, 0) is 36.4 Å². The topological polar surface area (TPSA) is 64.1 Å². The second-order valence-electron chi connectivity index (χ2n) is 7.43. The fourth-order valence-electron chi connectivity index (χ4n) is 3.58. The highest BCUT2D eigenvalue weighted by Crippen LogP contribution is 2.32. The monoisotopic (exact) mass is 505 g/mol. The minimum Gasteiger partial charge on any atom is -0.497 e. The van der Waals surface area contributed by atoms with Gasteiger partial charge in [-0.25, -0.2) is 9.97 Å². The summed E-state index contributed by atoms with van der Waals surface area (Å²) in [6, 6.07) is 22.3. The Morgan fingerprint density at radius 3 is 2.53 bits per heavy atom. The maximum absolute atomic E-state index is 13.3. The van der Waals surface area contributed by atoms with Crippen LogP contribution in [0.4, 0.5) is 5.13 Å². The van der Waals surface area contributed by atoms with Crippen LogP contribution in [0.25, 0.3) is 33.4 Å². The molecule has 3 aromatic carbocycles. The summed E-state index contributed by atoms with van der Waals surface area (Å²) in [5, 5.41) is 6.95. The van der Waals surface area contributed by atoms with Gasteiger partial charge >= 0.3 is 0 Å². The molecule has 8 heteroatoms. The number of pyridine rings is 1. The van der Waals surface area contributed by atoms with Crippen LogP contribution in [-0.2, 0) is 0 Å². The number of rotatable bonds is 5. The molecular weight excluding hydrogens is 489 g/mol. The highest BCUT2D eigenvalue weighted by atomic mass is 35.5. The molecule has 2 aromatic heterocycles. The predicted octanol–water partition coefficient (Wildman–Crippen LogP) is 7.59. The molecule has 0 aliphatic carbocycles. The van der Waals surface area contributed by atoms with Crippen LogP contribution in [0.3, 0.4) is 0 Å². The van der Waals surface area contributed by atoms with Crippen LogP contribution in [0.2, 0.25) is 10.0 Å². The number of nitrogens with one attached hydrogen (secondary N) is 1. The van der Waals surface area contributed by atoms with Crippen LogP contribution in [0.5, 0.6) is 5.75 Å². The third kappa shape index (κ3) is 4.48. The number of hydrogen-bond donors (Lipinski definition) is 1. The normalized spacial score (nSPS) is 10.9. The summed E-state index contributed by atoms with van der Waals surface area (Å²) >= 11 is 13.5. The minimum atomic E-state index is -0.266. The third-order valence-corrected chi connectivity index (χ3v) is 6.76. The lowest BCUT2D eigenvalue weighted by atomic mass is 10.0. The molecule has 2 heterocycles. The van der Waals surface area contributed by atoms with Crippen molar-refractivity contribution in [3.05, 3.63) is 93.8 Å². The highest BCUT2D eigenvalue weighted by molar-refractivity contribution is 7.14. The average Bonchev–Trinajstić information content (AvgIpc) is 3.33. The maximum Gasteiger partial charge on any atom is 0.258 e. The molecule has 0 saturated carbocycles. The number of ether oxygens (including phenoxy) is 1. The highest BCUT2D eigenvalue weighted by Gasteiger charge is 2.16. The van der Waals surface area contributed by atoms with Gasteiger partial charge in [0.1, 0.15) is 5.75 Å². The first-order valence-electron chi connectivity index (χ1n) is 10.3. The number of anilines is 1. The number of fused-ring (bicyclic) bond motifs is 1. The molecular formula is C26H17Cl2N3O2S. The molecule has 0 saturated heterocycles. The van der Waals surface area contributed by atoms with Crippen molar-refractivity contribution >= 4 is 56.5 Å². The number of carbonyl (C=O) groups excluding carboxylic acids is 1. The van der Waals surface area contributed by atoms with Crippen molar-refractivity contribution in [3.8, 4) is 28.3 Å². The fraction of sp³-hybridized carbons (Fsp3) is 0.0385. The van der Waals surface area contributed by atoms with Crippen molar-refractivity contribution in [2.75, 3.05) is 12.4 Å². The smallest absolute Gasteiger partial charge is 0.258 e. The van der Waals surface area contributed by atoms with E-state index >= 15 is 0 Å². The van der Waals surface area contributed by atoms with Gasteiger partial charge in [0.05, 0.1) is 39.6 Å². The minimum absolute atomic E-state index is 0.266. The molecule has 1 amide bonds. The molecule has 5 nitrogen and oxygen atoms in total. The molecule has 34 heavy (non-hydrogen) atoms. The van der Waals surface area contributed by atoms with E-state index in [1.165, 1.54) is 11.3 Å². The van der Waals surface area contributed by atoms with E-state index in [4.69, 9.17) is 32.9 Å². The predicted molar refractivity (Wildman–Crippen MR) is 139 cm³/mol. The zero-order valence-corrected chi connectivity index (χ0v) is 20.2. The van der Waals surface area contributed by atoms with Crippen LogP contribution in [0.1, 0.15) is 10.4 Å². The number of aromatic nitrogens is 2. The summed E-state index contributed by atoms with van der Waals surface area (Å²) in [7, 11) is 1.62. The molecule has 0 bridgehead atoms. The molecule has 0 atom stereocenters. The molecule has 1 N–H and O–H groups in total. The molecule has 0 aliphatic rings. The number of hydrogen-bond acceptors (Lipinski definition) is 5. The zero-order valence-electron chi connectivity index (χ0n) is 17.9. The Bertz CT molecular complexity index is 1530. The van der Waals surface area contributed by atoms with Gasteiger partial charge in [0.25, 0.3) is 5.91 Å². The largest absolute Gasteiger partial charge is 0.497 e. The van der Waals surface area contributed by atoms with Crippen molar-refractivity contribution in [1.82, 2.24) is 9.97 Å². The Morgan fingerprint density at radius 2 is 1.71 bits per heavy atom. The number of para-hydroxylation sites is 1. The van der Waals surface area contributed by atoms with E-state index in [2.05, 4.69) is 10.3 Å². The Kier molecular flexibility index (Phi) is 6.20. The second kappa shape index (κ2) is 9.43. The van der Waals surface area contributed by atoms with E-state index in [-0.39, 0.29) is 5.91 Å². The Morgan fingerprint density at radius 1 is 0.882 bits per heavy atom. The average molecular weight is 506 g/mol. The fourth-order valence-corrected chi connectivity index (χ4v) is 4.59. The number of thiazole rings is 1. The van der Waals surface area contributed by atoms with Gasteiger partial charge in [0.2, 0.25) is 0 Å². The van der Waals surface area contributed by atoms with Crippen molar-refractivity contribution in [3.63, 3.8) is 0 Å². The molecule has 5 rings (SSSR count). The summed E-state index contributed by atoms with van der Waals surface area (Å²) in [6.45, 7) is 0. The van der Waals surface area contributed by atoms with Crippen molar-refractivity contribution < 1.29 is 9.53 Å². The van der Waals surface area contributed by atoms with Crippen molar-refractivity contribution in [1.29, 1.82) is 0 Å². The summed E-state index contributed by atoms with van der Waals surface area (Å²) < 4.78 is 5.34. The van der Waals surface area contributed by atoms with E-state index in [0.29, 0.717) is 32.1 Å². The molecule has 0 unspecified atom stereocenters. The SMILES string of the molecule is COc1cccc(-c2cc(C(=O)Nc3nc(-c4ccc(Cl)c(Cl)c4)cs3)c3ccccc3n2)c1. The van der Waals surface area contributed by atoms with E-state index in [1.807, 2.05) is 60.0 Å². The van der Waals surface area contributed by atoms with Gasteiger partial charge in [-0.3, -0.25) is 10.1 Å². The number of benzene rings is 3. The summed E-state index contributed by atoms with van der Waals surface area (Å²) in [6.07, 6.45) is 0. The van der Waals surface area contributed by atoms with E-state index < -0.39 is 0 Å². The lowest BCUT2D eigenvalue weighted by molar-refractivity contribution is 0.102. The number of nitrogens with zero attached hydrogens (tertiary/aromatic N) is 2. The molecule has 0 radical (unpaired) electrons. The molecule has 5 aromatic rings. The molecule has 168 valence electrons. The third-order valence-electron chi connectivity index (χ3n) is 5.27. The van der Waals surface area contributed by atoms with E-state index in [1.54, 1.807) is 25.3 Å². The van der Waals surface area contributed by atoms with Crippen LogP contribution in [0.15, 0.2) is 78.2 Å². The Labute approximate surface area is 210 Å². The summed E-state index contributed by atoms with van der Waals surface area (Å²) in [4.78, 5) is 22.7. The molecule has 0 spiro atoms. The first-order valence-corrected chi connectivity index (χ1v) is 11.9. The van der Waals surface area contributed by atoms with E-state index in [9.17, 15) is 4.79 Å². The van der Waals surface area contributed by atoms with Gasteiger partial charge in [-0.1, -0.05) is 59.6 Å². The number of methoxy groups -OCH3 is 1. The number of carbonyl (C=O) groups is 1. The lowest BCUT2D eigenvalue weighted by Crippen LogP contribution is -2.13. The Balaban J connectivity index is 1.49. The van der Waals surface area contributed by atoms with Crippen LogP contribution >= 0.6 is 34.5 Å². The van der Waals surface area contributed by atoms with E-state index in [0.717, 1.165) is 27.8 Å². The molecule has 0 aliphatic heterocycles. The quantitative estimate of drug-likeness (QED) is 0.267. The molecule has 0 fully saturated rings. The Hall–Kier alpha value is -3.45. The zero-order chi connectivity index (χ0) is 23.7. The van der Waals surface area contributed by atoms with Crippen LogP contribution in [-0.4, -0.2) is 23.0 Å². The van der Waals surface area contributed by atoms with Crippen molar-refractivity contribution in [2.24, 2.45) is 0 Å². The number of halogens is 2. The van der Waals surface area contributed by atoms with Crippen LogP contribution in [0, 0.1) is 0 Å². The van der Waals surface area contributed by atoms with Crippen molar-refractivity contribution in [2.45, 2.75) is 0 Å². The summed E-state index contributed by atoms with van der Waals surface area (Å²) in [5.41, 5.74) is 4.29. The van der Waals surface area contributed by atoms with Gasteiger partial charge < -0.3 is 4.74 Å². The second-order valence-corrected chi connectivity index (χ2v) is 9.10. The first kappa shape index (κ1) is 22.3. The first-order chi connectivity index (χ1) is 16.5. The lowest BCUT2D eigenvalue weighted by Gasteiger charge is -2.10. The maximum atomic E-state index is 13.3. The van der Waals surface area contributed by atoms with Crippen LogP contribution < -0.4 is 10.1 Å². The van der Waals surface area contributed by atoms with Gasteiger partial charge in [-0.15, -0.1) is 11.3 Å². The number of amides is 1. The van der Waals surface area contributed by atoms with Gasteiger partial charge in [0.15, 0.2) is 5.13 Å². The van der Waals surface area contributed by atoms with Gasteiger partial charge in [0, 0.05) is 21.9 Å². The van der Waals surface area contributed by atoms with Gasteiger partial charge in [-0.2, -0.15) is 0 Å². The summed E-state index contributed by atoms with van der Waals surface area (Å²) in [5.74, 6) is 0.453.